The van der Waals surface area contributed by atoms with Crippen molar-refractivity contribution in [1.29, 1.82) is 0 Å². The molecule has 3 heteroatoms. The van der Waals surface area contributed by atoms with Crippen LogP contribution >= 0.6 is 0 Å². The van der Waals surface area contributed by atoms with Crippen LogP contribution in [0.5, 0.6) is 0 Å². The molecule has 3 nitrogen and oxygen atoms in total. The van der Waals surface area contributed by atoms with E-state index in [2.05, 4.69) is 17.4 Å². The highest BCUT2D eigenvalue weighted by atomic mass is 16.3. The molecule has 0 aliphatic heterocycles. The fourth-order valence-electron chi connectivity index (χ4n) is 2.24. The molecule has 0 saturated heterocycles. The van der Waals surface area contributed by atoms with Crippen molar-refractivity contribution in [3.8, 4) is 0 Å². The van der Waals surface area contributed by atoms with Crippen molar-refractivity contribution in [3.05, 3.63) is 58.6 Å². The second-order valence-corrected chi connectivity index (χ2v) is 5.04. The van der Waals surface area contributed by atoms with Crippen LogP contribution in [0.2, 0.25) is 0 Å². The molecule has 0 aliphatic rings. The molecule has 0 spiro atoms. The van der Waals surface area contributed by atoms with Gasteiger partial charge in [-0.25, -0.2) is 0 Å². The molecule has 1 aromatic carbocycles. The van der Waals surface area contributed by atoms with Crippen molar-refractivity contribution in [2.75, 3.05) is 5.32 Å². The Hall–Kier alpha value is -2.29. The molecule has 0 aliphatic carbocycles. The molecule has 0 radical (unpaired) electrons. The van der Waals surface area contributed by atoms with E-state index < -0.39 is 0 Å². The molecule has 0 bridgehead atoms. The van der Waals surface area contributed by atoms with Crippen molar-refractivity contribution < 1.29 is 9.21 Å². The minimum absolute atomic E-state index is 0.158. The Bertz CT molecular complexity index is 642. The summed E-state index contributed by atoms with van der Waals surface area (Å²) in [5.74, 6) is 1.35. The third-order valence-electron chi connectivity index (χ3n) is 3.09. The first-order valence-corrected chi connectivity index (χ1v) is 6.59. The smallest absolute Gasteiger partial charge is 0.248 e. The van der Waals surface area contributed by atoms with Crippen LogP contribution in [0.25, 0.3) is 6.08 Å². The molecular formula is C17H19NO2. The molecule has 2 rings (SSSR count). The van der Waals surface area contributed by atoms with Crippen molar-refractivity contribution in [1.82, 2.24) is 0 Å². The number of hydrogen-bond acceptors (Lipinski definition) is 2. The van der Waals surface area contributed by atoms with Crippen LogP contribution in [0.15, 0.2) is 34.8 Å². The molecule has 0 atom stereocenters. The Balaban J connectivity index is 2.10. The van der Waals surface area contributed by atoms with Crippen molar-refractivity contribution in [3.63, 3.8) is 0 Å². The summed E-state index contributed by atoms with van der Waals surface area (Å²) in [5, 5.41) is 2.92. The molecule has 1 heterocycles. The number of carbonyl (C=O) groups excluding carboxylic acids is 1. The summed E-state index contributed by atoms with van der Waals surface area (Å²) in [6.07, 6.45) is 3.15. The number of rotatable bonds is 3. The average Bonchev–Trinajstić information content (AvgIpc) is 2.77. The van der Waals surface area contributed by atoms with E-state index in [1.807, 2.05) is 39.8 Å². The number of benzene rings is 1. The quantitative estimate of drug-likeness (QED) is 0.850. The zero-order valence-corrected chi connectivity index (χ0v) is 12.3. The maximum atomic E-state index is 11.9. The molecule has 1 amide bonds. The summed E-state index contributed by atoms with van der Waals surface area (Å²) < 4.78 is 5.38. The van der Waals surface area contributed by atoms with E-state index in [0.717, 1.165) is 22.6 Å². The van der Waals surface area contributed by atoms with Gasteiger partial charge >= 0.3 is 0 Å². The minimum Gasteiger partial charge on any atom is -0.462 e. The van der Waals surface area contributed by atoms with Crippen LogP contribution in [0.1, 0.15) is 28.2 Å². The normalized spacial score (nSPS) is 11.0. The summed E-state index contributed by atoms with van der Waals surface area (Å²) in [6, 6.07) is 7.82. The maximum absolute atomic E-state index is 11.9. The SMILES string of the molecule is Cc1cc(C)c(NC(=O)C=Cc2ccc(C)o2)c(C)c1. The molecule has 0 saturated carbocycles. The van der Waals surface area contributed by atoms with E-state index in [4.69, 9.17) is 4.42 Å². The number of aryl methyl sites for hydroxylation is 4. The van der Waals surface area contributed by atoms with Gasteiger partial charge in [-0.2, -0.15) is 0 Å². The summed E-state index contributed by atoms with van der Waals surface area (Å²) in [6.45, 7) is 7.91. The fraction of sp³-hybridized carbons (Fsp3) is 0.235. The van der Waals surface area contributed by atoms with E-state index in [1.165, 1.54) is 11.6 Å². The number of nitrogens with one attached hydrogen (secondary N) is 1. The minimum atomic E-state index is -0.158. The van der Waals surface area contributed by atoms with Gasteiger partial charge in [0.05, 0.1) is 0 Å². The molecular weight excluding hydrogens is 250 g/mol. The molecule has 2 aromatic rings. The van der Waals surface area contributed by atoms with Gasteiger partial charge in [0.25, 0.3) is 0 Å². The second-order valence-electron chi connectivity index (χ2n) is 5.04. The highest BCUT2D eigenvalue weighted by Crippen LogP contribution is 2.21. The van der Waals surface area contributed by atoms with Crippen LogP contribution in [0, 0.1) is 27.7 Å². The largest absolute Gasteiger partial charge is 0.462 e. The Morgan fingerprint density at radius 2 is 1.75 bits per heavy atom. The first kappa shape index (κ1) is 14.1. The Morgan fingerprint density at radius 3 is 2.30 bits per heavy atom. The number of carbonyl (C=O) groups is 1. The topological polar surface area (TPSA) is 42.2 Å². The number of amides is 1. The first-order chi connectivity index (χ1) is 9.45. The summed E-state index contributed by atoms with van der Waals surface area (Å²) in [5.41, 5.74) is 4.21. The molecule has 0 unspecified atom stereocenters. The van der Waals surface area contributed by atoms with Gasteiger partial charge in [-0.1, -0.05) is 17.7 Å². The third-order valence-corrected chi connectivity index (χ3v) is 3.09. The van der Waals surface area contributed by atoms with Gasteiger partial charge in [-0.15, -0.1) is 0 Å². The maximum Gasteiger partial charge on any atom is 0.248 e. The predicted octanol–water partition coefficient (Wildman–Crippen LogP) is 4.17. The van der Waals surface area contributed by atoms with Gasteiger partial charge in [0.1, 0.15) is 11.5 Å². The Labute approximate surface area is 119 Å². The van der Waals surface area contributed by atoms with Crippen LogP contribution in [0.4, 0.5) is 5.69 Å². The van der Waals surface area contributed by atoms with Gasteiger partial charge in [0.2, 0.25) is 5.91 Å². The van der Waals surface area contributed by atoms with Crippen LogP contribution < -0.4 is 5.32 Å². The number of furan rings is 1. The summed E-state index contributed by atoms with van der Waals surface area (Å²) in [4.78, 5) is 11.9. The lowest BCUT2D eigenvalue weighted by Crippen LogP contribution is -2.10. The summed E-state index contributed by atoms with van der Waals surface area (Å²) in [7, 11) is 0. The molecule has 1 N–H and O–H groups in total. The van der Waals surface area contributed by atoms with Crippen LogP contribution in [-0.2, 0) is 4.79 Å². The van der Waals surface area contributed by atoms with Crippen molar-refractivity contribution >= 4 is 17.7 Å². The predicted molar refractivity (Wildman–Crippen MR) is 81.8 cm³/mol. The van der Waals surface area contributed by atoms with Gasteiger partial charge in [0.15, 0.2) is 0 Å². The molecule has 20 heavy (non-hydrogen) atoms. The summed E-state index contributed by atoms with van der Waals surface area (Å²) >= 11 is 0. The Morgan fingerprint density at radius 1 is 1.10 bits per heavy atom. The van der Waals surface area contributed by atoms with Gasteiger partial charge in [-0.3, -0.25) is 4.79 Å². The molecule has 1 aromatic heterocycles. The van der Waals surface area contributed by atoms with E-state index >= 15 is 0 Å². The molecule has 104 valence electrons. The lowest BCUT2D eigenvalue weighted by atomic mass is 10.1. The van der Waals surface area contributed by atoms with E-state index in [9.17, 15) is 4.79 Å². The van der Waals surface area contributed by atoms with Crippen molar-refractivity contribution in [2.24, 2.45) is 0 Å². The van der Waals surface area contributed by atoms with Gasteiger partial charge in [-0.05, 0) is 57.0 Å². The third kappa shape index (κ3) is 3.38. The number of anilines is 1. The van der Waals surface area contributed by atoms with E-state index in [-0.39, 0.29) is 5.91 Å². The molecule has 0 fully saturated rings. The highest BCUT2D eigenvalue weighted by Gasteiger charge is 2.06. The monoisotopic (exact) mass is 269 g/mol. The Kier molecular flexibility index (Phi) is 4.08. The first-order valence-electron chi connectivity index (χ1n) is 6.59. The van der Waals surface area contributed by atoms with Gasteiger partial charge in [0, 0.05) is 11.8 Å². The lowest BCUT2D eigenvalue weighted by Gasteiger charge is -2.11. The van der Waals surface area contributed by atoms with E-state index in [0.29, 0.717) is 5.76 Å². The van der Waals surface area contributed by atoms with Crippen molar-refractivity contribution in [2.45, 2.75) is 27.7 Å². The van der Waals surface area contributed by atoms with Gasteiger partial charge < -0.3 is 9.73 Å². The standard InChI is InChI=1S/C17H19NO2/c1-11-9-12(2)17(13(3)10-11)18-16(19)8-7-15-6-5-14(4)20-15/h5-10H,1-4H3,(H,18,19). The fourth-order valence-corrected chi connectivity index (χ4v) is 2.24. The highest BCUT2D eigenvalue weighted by molar-refractivity contribution is 6.02. The average molecular weight is 269 g/mol. The zero-order chi connectivity index (χ0) is 14.7. The lowest BCUT2D eigenvalue weighted by molar-refractivity contribution is -0.111. The van der Waals surface area contributed by atoms with Crippen LogP contribution in [-0.4, -0.2) is 5.91 Å². The zero-order valence-electron chi connectivity index (χ0n) is 12.3. The second kappa shape index (κ2) is 5.78. The number of hydrogen-bond donors (Lipinski definition) is 1. The van der Waals surface area contributed by atoms with E-state index in [1.54, 1.807) is 6.08 Å². The van der Waals surface area contributed by atoms with Crippen LogP contribution in [0.3, 0.4) is 0 Å².